The van der Waals surface area contributed by atoms with E-state index in [0.29, 0.717) is 0 Å². The zero-order valence-electron chi connectivity index (χ0n) is 18.2. The maximum absolute atomic E-state index is 13.5. The zero-order valence-corrected chi connectivity index (χ0v) is 18.2. The molecule has 0 saturated carbocycles. The molecule has 0 saturated heterocycles. The Balaban J connectivity index is 1.89. The van der Waals surface area contributed by atoms with Gasteiger partial charge in [0.15, 0.2) is 6.10 Å². The molecule has 0 radical (unpaired) electrons. The molecule has 1 aliphatic heterocycles. The molecule has 0 aromatic heterocycles. The lowest BCUT2D eigenvalue weighted by molar-refractivity contribution is -0.925. The van der Waals surface area contributed by atoms with Crippen LogP contribution in [-0.4, -0.2) is 42.7 Å². The molecule has 4 heteroatoms. The van der Waals surface area contributed by atoms with E-state index in [1.54, 1.807) is 0 Å². The summed E-state index contributed by atoms with van der Waals surface area (Å²) in [7, 11) is 0. The van der Waals surface area contributed by atoms with Crippen LogP contribution in [0.2, 0.25) is 0 Å². The third-order valence-corrected chi connectivity index (χ3v) is 6.41. The van der Waals surface area contributed by atoms with Gasteiger partial charge in [0.25, 0.3) is 0 Å². The molecule has 1 aliphatic rings. The predicted octanol–water partition coefficient (Wildman–Crippen LogP) is 5.51. The Bertz CT molecular complexity index is 775. The van der Waals surface area contributed by atoms with Gasteiger partial charge in [-0.25, -0.2) is 0 Å². The fourth-order valence-electron chi connectivity index (χ4n) is 4.40. The number of carbonyl (C=O) groups is 1. The van der Waals surface area contributed by atoms with Gasteiger partial charge >= 0.3 is 5.97 Å². The maximum atomic E-state index is 13.5. The Labute approximate surface area is 175 Å². The van der Waals surface area contributed by atoms with Crippen molar-refractivity contribution in [2.24, 2.45) is 0 Å². The van der Waals surface area contributed by atoms with Crippen LogP contribution in [0.1, 0.15) is 57.6 Å². The number of ether oxygens (including phenoxy) is 2. The summed E-state index contributed by atoms with van der Waals surface area (Å²) in [6.07, 6.45) is 1.81. The highest BCUT2D eigenvalue weighted by Crippen LogP contribution is 2.44. The van der Waals surface area contributed by atoms with Crippen LogP contribution in [0.15, 0.2) is 48.5 Å². The number of para-hydroxylation sites is 2. The highest BCUT2D eigenvalue weighted by Gasteiger charge is 2.36. The minimum atomic E-state index is -0.442. The number of likely N-dealkylation sites (N-methyl/N-ethyl adjacent to an activating group) is 1. The van der Waals surface area contributed by atoms with Crippen molar-refractivity contribution >= 4 is 5.97 Å². The summed E-state index contributed by atoms with van der Waals surface area (Å²) >= 11 is 0. The van der Waals surface area contributed by atoms with E-state index >= 15 is 0 Å². The summed E-state index contributed by atoms with van der Waals surface area (Å²) in [4.78, 5) is 13.5. The SMILES string of the molecule is CCCC(C[N+](CC)(CC)CC)OC(=O)C1c2ccccc2Oc2ccccc21. The highest BCUT2D eigenvalue weighted by atomic mass is 16.5. The van der Waals surface area contributed by atoms with Gasteiger partial charge in [0.05, 0.1) is 19.6 Å². The van der Waals surface area contributed by atoms with Crippen molar-refractivity contribution in [1.82, 2.24) is 0 Å². The van der Waals surface area contributed by atoms with E-state index in [0.717, 1.165) is 66.1 Å². The van der Waals surface area contributed by atoms with Gasteiger partial charge in [-0.2, -0.15) is 0 Å². The minimum Gasteiger partial charge on any atom is -0.457 e. The predicted molar refractivity (Wildman–Crippen MR) is 116 cm³/mol. The smallest absolute Gasteiger partial charge is 0.318 e. The number of rotatable bonds is 9. The van der Waals surface area contributed by atoms with E-state index in [1.165, 1.54) is 0 Å². The lowest BCUT2D eigenvalue weighted by Gasteiger charge is -2.38. The van der Waals surface area contributed by atoms with Gasteiger partial charge in [0.1, 0.15) is 24.0 Å². The molecule has 3 rings (SSSR count). The van der Waals surface area contributed by atoms with Crippen LogP contribution in [0.5, 0.6) is 11.5 Å². The lowest BCUT2D eigenvalue weighted by Crippen LogP contribution is -2.52. The maximum Gasteiger partial charge on any atom is 0.318 e. The van der Waals surface area contributed by atoms with E-state index in [4.69, 9.17) is 9.47 Å². The number of carbonyl (C=O) groups excluding carboxylic acids is 1. The Kier molecular flexibility index (Phi) is 6.96. The Morgan fingerprint density at radius 2 is 1.45 bits per heavy atom. The second-order valence-corrected chi connectivity index (χ2v) is 7.93. The quantitative estimate of drug-likeness (QED) is 0.414. The molecule has 156 valence electrons. The fourth-order valence-corrected chi connectivity index (χ4v) is 4.40. The first-order chi connectivity index (χ1) is 14.1. The molecule has 0 aliphatic carbocycles. The molecular formula is C25H34NO3+. The second-order valence-electron chi connectivity index (χ2n) is 7.93. The number of quaternary nitrogens is 1. The number of nitrogens with zero attached hydrogens (tertiary/aromatic N) is 1. The van der Waals surface area contributed by atoms with Gasteiger partial charge in [-0.15, -0.1) is 0 Å². The number of hydrogen-bond acceptors (Lipinski definition) is 3. The van der Waals surface area contributed by atoms with E-state index in [-0.39, 0.29) is 12.1 Å². The molecule has 0 bridgehead atoms. The van der Waals surface area contributed by atoms with Gasteiger partial charge in [-0.05, 0) is 39.3 Å². The molecule has 1 unspecified atom stereocenters. The largest absolute Gasteiger partial charge is 0.457 e. The molecule has 29 heavy (non-hydrogen) atoms. The van der Waals surface area contributed by atoms with Crippen molar-refractivity contribution < 1.29 is 18.8 Å². The number of hydrogen-bond donors (Lipinski definition) is 0. The average molecular weight is 397 g/mol. The molecule has 1 atom stereocenters. The summed E-state index contributed by atoms with van der Waals surface area (Å²) in [6, 6.07) is 15.5. The first kappa shape index (κ1) is 21.4. The van der Waals surface area contributed by atoms with Crippen molar-refractivity contribution in [3.05, 3.63) is 59.7 Å². The van der Waals surface area contributed by atoms with Crippen LogP contribution in [0, 0.1) is 0 Å². The molecule has 0 spiro atoms. The second kappa shape index (κ2) is 9.45. The van der Waals surface area contributed by atoms with Crippen LogP contribution in [-0.2, 0) is 9.53 Å². The normalized spacial score (nSPS) is 14.5. The summed E-state index contributed by atoms with van der Waals surface area (Å²) < 4.78 is 13.2. The van der Waals surface area contributed by atoms with Crippen LogP contribution in [0.4, 0.5) is 0 Å². The number of benzene rings is 2. The lowest BCUT2D eigenvalue weighted by atomic mass is 9.88. The summed E-state index contributed by atoms with van der Waals surface area (Å²) in [5.74, 6) is 0.859. The molecule has 0 amide bonds. The van der Waals surface area contributed by atoms with Crippen LogP contribution in [0.3, 0.4) is 0 Å². The van der Waals surface area contributed by atoms with E-state index in [9.17, 15) is 4.79 Å². The molecule has 1 heterocycles. The molecule has 4 nitrogen and oxygen atoms in total. The van der Waals surface area contributed by atoms with Gasteiger partial charge in [-0.3, -0.25) is 4.79 Å². The monoisotopic (exact) mass is 396 g/mol. The minimum absolute atomic E-state index is 0.0745. The highest BCUT2D eigenvalue weighted by molar-refractivity contribution is 5.85. The Hall–Kier alpha value is -2.33. The van der Waals surface area contributed by atoms with Crippen molar-refractivity contribution in [2.45, 2.75) is 52.6 Å². The fraction of sp³-hybridized carbons (Fsp3) is 0.480. The number of esters is 1. The van der Waals surface area contributed by atoms with Crippen LogP contribution < -0.4 is 4.74 Å². The van der Waals surface area contributed by atoms with Crippen molar-refractivity contribution in [2.75, 3.05) is 26.2 Å². The van der Waals surface area contributed by atoms with Crippen molar-refractivity contribution in [1.29, 1.82) is 0 Å². The van der Waals surface area contributed by atoms with E-state index in [1.807, 2.05) is 48.5 Å². The van der Waals surface area contributed by atoms with Crippen LogP contribution >= 0.6 is 0 Å². The average Bonchev–Trinajstić information content (AvgIpc) is 2.75. The summed E-state index contributed by atoms with van der Waals surface area (Å²) in [5.41, 5.74) is 1.77. The van der Waals surface area contributed by atoms with Gasteiger partial charge < -0.3 is 14.0 Å². The third kappa shape index (κ3) is 4.48. The zero-order chi connectivity index (χ0) is 20.9. The van der Waals surface area contributed by atoms with Gasteiger partial charge in [0.2, 0.25) is 0 Å². The van der Waals surface area contributed by atoms with Gasteiger partial charge in [-0.1, -0.05) is 49.7 Å². The Morgan fingerprint density at radius 1 is 0.931 bits per heavy atom. The molecular weight excluding hydrogens is 362 g/mol. The topological polar surface area (TPSA) is 35.5 Å². The summed E-state index contributed by atoms with van der Waals surface area (Å²) in [6.45, 7) is 12.8. The van der Waals surface area contributed by atoms with E-state index < -0.39 is 5.92 Å². The van der Waals surface area contributed by atoms with Crippen LogP contribution in [0.25, 0.3) is 0 Å². The first-order valence-corrected chi connectivity index (χ1v) is 11.0. The van der Waals surface area contributed by atoms with Crippen molar-refractivity contribution in [3.63, 3.8) is 0 Å². The standard InChI is InChI=1S/C25H34NO3/c1-5-13-19(18-26(6-2,7-3)8-4)28-25(27)24-20-14-9-11-16-22(20)29-23-17-12-10-15-21(23)24/h9-12,14-17,19,24H,5-8,13,18H2,1-4H3/q+1. The number of fused-ring (bicyclic) bond motifs is 2. The summed E-state index contributed by atoms with van der Waals surface area (Å²) in [5, 5.41) is 0. The first-order valence-electron chi connectivity index (χ1n) is 11.0. The molecule has 0 fully saturated rings. The Morgan fingerprint density at radius 3 is 1.93 bits per heavy atom. The molecule has 2 aromatic rings. The molecule has 0 N–H and O–H groups in total. The third-order valence-electron chi connectivity index (χ3n) is 6.41. The van der Waals surface area contributed by atoms with Gasteiger partial charge in [0, 0.05) is 11.1 Å². The molecule has 2 aromatic carbocycles. The van der Waals surface area contributed by atoms with E-state index in [2.05, 4.69) is 27.7 Å². The van der Waals surface area contributed by atoms with Crippen molar-refractivity contribution in [3.8, 4) is 11.5 Å².